The number of hydrogen-bond acceptors (Lipinski definition) is 3. The molecule has 108 valence electrons. The van der Waals surface area contributed by atoms with Gasteiger partial charge in [-0.3, -0.25) is 5.32 Å². The maximum atomic E-state index is 12.2. The Bertz CT molecular complexity index is 421. The van der Waals surface area contributed by atoms with Crippen LogP contribution in [0.15, 0.2) is 12.3 Å². The van der Waals surface area contributed by atoms with Gasteiger partial charge in [-0.2, -0.15) is 5.10 Å². The number of anilines is 1. The molecule has 1 aromatic heterocycles. The first-order valence-corrected chi connectivity index (χ1v) is 6.56. The van der Waals surface area contributed by atoms with E-state index in [0.29, 0.717) is 12.4 Å². The molecule has 0 aliphatic heterocycles. The zero-order valence-electron chi connectivity index (χ0n) is 12.3. The molecular formula is C13H24N4O2. The summed E-state index contributed by atoms with van der Waals surface area (Å²) in [6, 6.07) is 1.71. The molecule has 0 saturated carbocycles. The second kappa shape index (κ2) is 6.06. The summed E-state index contributed by atoms with van der Waals surface area (Å²) in [5.74, 6) is 0.661. The zero-order valence-corrected chi connectivity index (χ0v) is 12.3. The molecule has 0 saturated heterocycles. The van der Waals surface area contributed by atoms with Gasteiger partial charge in [0.25, 0.3) is 0 Å². The number of aromatic nitrogens is 2. The number of nitrogens with one attached hydrogen (secondary N) is 1. The van der Waals surface area contributed by atoms with Crippen molar-refractivity contribution in [2.24, 2.45) is 0 Å². The van der Waals surface area contributed by atoms with Crippen LogP contribution in [0.3, 0.4) is 0 Å². The second-order valence-electron chi connectivity index (χ2n) is 5.51. The van der Waals surface area contributed by atoms with Gasteiger partial charge in [-0.05, 0) is 34.6 Å². The Morgan fingerprint density at radius 2 is 2.21 bits per heavy atom. The van der Waals surface area contributed by atoms with Crippen molar-refractivity contribution in [3.63, 3.8) is 0 Å². The van der Waals surface area contributed by atoms with E-state index in [1.165, 1.54) is 0 Å². The lowest BCUT2D eigenvalue weighted by Crippen LogP contribution is -2.44. The summed E-state index contributed by atoms with van der Waals surface area (Å²) in [4.78, 5) is 13.7. The number of urea groups is 1. The first-order valence-electron chi connectivity index (χ1n) is 6.56. The minimum Gasteiger partial charge on any atom is -0.389 e. The Hall–Kier alpha value is -1.56. The van der Waals surface area contributed by atoms with Crippen molar-refractivity contribution in [3.8, 4) is 0 Å². The van der Waals surface area contributed by atoms with E-state index in [0.717, 1.165) is 0 Å². The molecule has 0 atom stereocenters. The standard InChI is InChI=1S/C13H24N4O2/c1-6-16(9-13(4,5)19)12(18)15-11-7-8-14-17(11)10(2)3/h7-8,10,19H,6,9H2,1-5H3,(H,15,18). The van der Waals surface area contributed by atoms with Crippen LogP contribution in [0.5, 0.6) is 0 Å². The number of amides is 2. The third kappa shape index (κ3) is 4.55. The minimum atomic E-state index is -0.911. The Morgan fingerprint density at radius 1 is 1.58 bits per heavy atom. The smallest absolute Gasteiger partial charge is 0.323 e. The molecular weight excluding hydrogens is 244 g/mol. The zero-order chi connectivity index (χ0) is 14.6. The highest BCUT2D eigenvalue weighted by Crippen LogP contribution is 2.14. The van der Waals surface area contributed by atoms with Crippen LogP contribution >= 0.6 is 0 Å². The molecule has 6 nitrogen and oxygen atoms in total. The highest BCUT2D eigenvalue weighted by atomic mass is 16.3. The SMILES string of the molecule is CCN(CC(C)(C)O)C(=O)Nc1ccnn1C(C)C. The van der Waals surface area contributed by atoms with Gasteiger partial charge >= 0.3 is 6.03 Å². The first-order chi connectivity index (χ1) is 8.74. The van der Waals surface area contributed by atoms with Crippen molar-refractivity contribution < 1.29 is 9.90 Å². The van der Waals surface area contributed by atoms with Crippen LogP contribution in [0, 0.1) is 0 Å². The summed E-state index contributed by atoms with van der Waals surface area (Å²) in [6.07, 6.45) is 1.65. The van der Waals surface area contributed by atoms with E-state index in [9.17, 15) is 9.90 Å². The quantitative estimate of drug-likeness (QED) is 0.859. The first kappa shape index (κ1) is 15.5. The fourth-order valence-corrected chi connectivity index (χ4v) is 1.81. The monoisotopic (exact) mass is 268 g/mol. The highest BCUT2D eigenvalue weighted by Gasteiger charge is 2.22. The molecule has 0 radical (unpaired) electrons. The molecule has 0 fully saturated rings. The Kier molecular flexibility index (Phi) is 4.94. The number of carbonyl (C=O) groups excluding carboxylic acids is 1. The molecule has 0 spiro atoms. The molecule has 1 aromatic rings. The Balaban J connectivity index is 2.74. The van der Waals surface area contributed by atoms with Gasteiger partial charge in [0, 0.05) is 18.7 Å². The predicted molar refractivity (Wildman–Crippen MR) is 75.2 cm³/mol. The van der Waals surface area contributed by atoms with E-state index >= 15 is 0 Å². The van der Waals surface area contributed by atoms with Crippen LogP contribution in [0.1, 0.15) is 40.7 Å². The highest BCUT2D eigenvalue weighted by molar-refractivity contribution is 5.88. The molecule has 6 heteroatoms. The number of aliphatic hydroxyl groups is 1. The molecule has 2 N–H and O–H groups in total. The van der Waals surface area contributed by atoms with Gasteiger partial charge in [-0.1, -0.05) is 0 Å². The fraction of sp³-hybridized carbons (Fsp3) is 0.692. The van der Waals surface area contributed by atoms with Crippen LogP contribution < -0.4 is 5.32 Å². The largest absolute Gasteiger partial charge is 0.389 e. The molecule has 0 aliphatic rings. The normalized spacial score (nSPS) is 11.7. The number of likely N-dealkylation sites (N-methyl/N-ethyl adjacent to an activating group) is 1. The van der Waals surface area contributed by atoms with Gasteiger partial charge in [-0.25, -0.2) is 9.48 Å². The average Bonchev–Trinajstić information content (AvgIpc) is 2.72. The third-order valence-corrected chi connectivity index (χ3v) is 2.64. The molecule has 2 amide bonds. The molecule has 0 bridgehead atoms. The number of carbonyl (C=O) groups is 1. The van der Waals surface area contributed by atoms with Crippen molar-refractivity contribution in [2.75, 3.05) is 18.4 Å². The van der Waals surface area contributed by atoms with E-state index in [4.69, 9.17) is 0 Å². The van der Waals surface area contributed by atoms with Gasteiger partial charge < -0.3 is 10.0 Å². The van der Waals surface area contributed by atoms with Gasteiger partial charge in [0.05, 0.1) is 18.3 Å². The Morgan fingerprint density at radius 3 is 2.68 bits per heavy atom. The van der Waals surface area contributed by atoms with Crippen LogP contribution in [0.2, 0.25) is 0 Å². The fourth-order valence-electron chi connectivity index (χ4n) is 1.81. The number of nitrogens with zero attached hydrogens (tertiary/aromatic N) is 3. The number of rotatable bonds is 5. The maximum absolute atomic E-state index is 12.2. The summed E-state index contributed by atoms with van der Waals surface area (Å²) in [5, 5.41) is 16.8. The predicted octanol–water partition coefficient (Wildman–Crippen LogP) is 2.09. The summed E-state index contributed by atoms with van der Waals surface area (Å²) >= 11 is 0. The van der Waals surface area contributed by atoms with Crippen molar-refractivity contribution in [1.29, 1.82) is 0 Å². The Labute approximate surface area is 114 Å². The second-order valence-corrected chi connectivity index (χ2v) is 5.51. The van der Waals surface area contributed by atoms with Gasteiger partial charge in [0.2, 0.25) is 0 Å². The van der Waals surface area contributed by atoms with Crippen molar-refractivity contribution in [1.82, 2.24) is 14.7 Å². The lowest BCUT2D eigenvalue weighted by atomic mass is 10.1. The lowest BCUT2D eigenvalue weighted by molar-refractivity contribution is 0.0501. The van der Waals surface area contributed by atoms with E-state index in [-0.39, 0.29) is 18.6 Å². The molecule has 0 unspecified atom stereocenters. The maximum Gasteiger partial charge on any atom is 0.323 e. The van der Waals surface area contributed by atoms with Crippen molar-refractivity contribution >= 4 is 11.8 Å². The third-order valence-electron chi connectivity index (χ3n) is 2.64. The summed E-state index contributed by atoms with van der Waals surface area (Å²) < 4.78 is 1.75. The minimum absolute atomic E-state index is 0.176. The summed E-state index contributed by atoms with van der Waals surface area (Å²) in [6.45, 7) is 10.1. The van der Waals surface area contributed by atoms with Crippen molar-refractivity contribution in [3.05, 3.63) is 12.3 Å². The summed E-state index contributed by atoms with van der Waals surface area (Å²) in [5.41, 5.74) is -0.911. The van der Waals surface area contributed by atoms with E-state index in [2.05, 4.69) is 10.4 Å². The van der Waals surface area contributed by atoms with Gasteiger partial charge in [0.15, 0.2) is 0 Å². The van der Waals surface area contributed by atoms with E-state index < -0.39 is 5.60 Å². The van der Waals surface area contributed by atoms with Crippen molar-refractivity contribution in [2.45, 2.75) is 46.3 Å². The molecule has 1 rings (SSSR count). The average molecular weight is 268 g/mol. The molecule has 1 heterocycles. The molecule has 19 heavy (non-hydrogen) atoms. The number of hydrogen-bond donors (Lipinski definition) is 2. The summed E-state index contributed by atoms with van der Waals surface area (Å²) in [7, 11) is 0. The van der Waals surface area contributed by atoms with Crippen LogP contribution in [-0.4, -0.2) is 44.5 Å². The van der Waals surface area contributed by atoms with E-state index in [1.54, 1.807) is 35.7 Å². The van der Waals surface area contributed by atoms with Gasteiger partial charge in [-0.15, -0.1) is 0 Å². The van der Waals surface area contributed by atoms with Gasteiger partial charge in [0.1, 0.15) is 5.82 Å². The topological polar surface area (TPSA) is 70.4 Å². The lowest BCUT2D eigenvalue weighted by Gasteiger charge is -2.28. The van der Waals surface area contributed by atoms with E-state index in [1.807, 2.05) is 20.8 Å². The van der Waals surface area contributed by atoms with Crippen LogP contribution in [0.25, 0.3) is 0 Å². The molecule has 0 aliphatic carbocycles. The van der Waals surface area contributed by atoms with Crippen LogP contribution in [0.4, 0.5) is 10.6 Å². The van der Waals surface area contributed by atoms with Crippen LogP contribution in [-0.2, 0) is 0 Å². The molecule has 0 aromatic carbocycles.